The lowest BCUT2D eigenvalue weighted by atomic mass is 10.2. The highest BCUT2D eigenvalue weighted by molar-refractivity contribution is 7.17. The number of carbonyl (C=O) groups excluding carboxylic acids is 1. The summed E-state index contributed by atoms with van der Waals surface area (Å²) in [4.78, 5) is 22.2. The van der Waals surface area contributed by atoms with Crippen molar-refractivity contribution in [2.45, 2.75) is 6.92 Å². The van der Waals surface area contributed by atoms with Crippen LogP contribution in [0.5, 0.6) is 11.5 Å². The van der Waals surface area contributed by atoms with Crippen LogP contribution in [0.2, 0.25) is 0 Å². The Hall–Kier alpha value is -3.13. The lowest BCUT2D eigenvalue weighted by molar-refractivity contribution is 0.0750. The molecular weight excluding hydrogens is 417 g/mol. The molecule has 1 aromatic heterocycles. The van der Waals surface area contributed by atoms with Crippen molar-refractivity contribution in [2.24, 2.45) is 0 Å². The first-order valence-corrected chi connectivity index (χ1v) is 10.8. The van der Waals surface area contributed by atoms with E-state index in [1.54, 1.807) is 26.4 Å². The van der Waals surface area contributed by atoms with Crippen LogP contribution in [0.1, 0.15) is 15.4 Å². The van der Waals surface area contributed by atoms with Crippen LogP contribution in [-0.4, -0.2) is 56.2 Å². The average molecular weight is 442 g/mol. The van der Waals surface area contributed by atoms with Crippen LogP contribution in [0.25, 0.3) is 10.6 Å². The van der Waals surface area contributed by atoms with Gasteiger partial charge in [0, 0.05) is 31.7 Å². The van der Waals surface area contributed by atoms with E-state index in [1.807, 2.05) is 41.0 Å². The molecule has 0 radical (unpaired) electrons. The van der Waals surface area contributed by atoms with Crippen LogP contribution >= 0.6 is 11.3 Å². The van der Waals surface area contributed by atoms with Gasteiger partial charge >= 0.3 is 0 Å². The largest absolute Gasteiger partial charge is 0.493 e. The lowest BCUT2D eigenvalue weighted by Gasteiger charge is -2.36. The molecule has 0 bridgehead atoms. The molecule has 1 amide bonds. The van der Waals surface area contributed by atoms with Gasteiger partial charge in [0.25, 0.3) is 5.91 Å². The highest BCUT2D eigenvalue weighted by atomic mass is 32.1. The van der Waals surface area contributed by atoms with Gasteiger partial charge in [0.05, 0.1) is 25.6 Å². The zero-order valence-corrected chi connectivity index (χ0v) is 18.5. The molecule has 8 heteroatoms. The van der Waals surface area contributed by atoms with Gasteiger partial charge in [-0.1, -0.05) is 12.1 Å². The molecule has 0 spiro atoms. The first-order chi connectivity index (χ1) is 15.0. The summed E-state index contributed by atoms with van der Waals surface area (Å²) in [5.41, 5.74) is 2.16. The molecule has 1 aliphatic heterocycles. The third kappa shape index (κ3) is 4.20. The fourth-order valence-electron chi connectivity index (χ4n) is 3.69. The normalized spacial score (nSPS) is 13.9. The van der Waals surface area contributed by atoms with Crippen LogP contribution in [0.3, 0.4) is 0 Å². The first-order valence-electron chi connectivity index (χ1n) is 10.0. The summed E-state index contributed by atoms with van der Waals surface area (Å²) in [5, 5.41) is 0.756. The fraction of sp³-hybridized carbons (Fsp3) is 0.304. The Morgan fingerprint density at radius 1 is 1.03 bits per heavy atom. The second kappa shape index (κ2) is 8.93. The number of benzene rings is 2. The molecule has 2 heterocycles. The molecule has 4 rings (SSSR count). The number of ether oxygens (including phenoxy) is 2. The summed E-state index contributed by atoms with van der Waals surface area (Å²) >= 11 is 1.37. The van der Waals surface area contributed by atoms with E-state index in [0.29, 0.717) is 53.9 Å². The summed E-state index contributed by atoms with van der Waals surface area (Å²) in [6, 6.07) is 12.3. The number of hydrogen-bond acceptors (Lipinski definition) is 6. The van der Waals surface area contributed by atoms with Gasteiger partial charge in [-0.25, -0.2) is 9.37 Å². The SMILES string of the molecule is COc1ccc(-c2nc(C)c(C(=O)N3CCN(c4ccccc4F)CC3)s2)cc1OC. The van der Waals surface area contributed by atoms with E-state index in [9.17, 15) is 9.18 Å². The predicted molar refractivity (Wildman–Crippen MR) is 120 cm³/mol. The standard InChI is InChI=1S/C23H24FN3O3S/c1-15-21(31-22(25-15)16-8-9-19(29-2)20(14-16)30-3)23(28)27-12-10-26(11-13-27)18-7-5-4-6-17(18)24/h4-9,14H,10-13H2,1-3H3. The van der Waals surface area contributed by atoms with Crippen molar-refractivity contribution in [1.29, 1.82) is 0 Å². The highest BCUT2D eigenvalue weighted by Crippen LogP contribution is 2.35. The van der Waals surface area contributed by atoms with Gasteiger partial charge in [-0.05, 0) is 37.3 Å². The van der Waals surface area contributed by atoms with Crippen molar-refractivity contribution in [1.82, 2.24) is 9.88 Å². The number of para-hydroxylation sites is 1. The molecule has 1 aliphatic rings. The number of nitrogens with zero attached hydrogens (tertiary/aromatic N) is 3. The van der Waals surface area contributed by atoms with Gasteiger partial charge in [0.2, 0.25) is 0 Å². The summed E-state index contributed by atoms with van der Waals surface area (Å²) in [6.45, 7) is 4.11. The average Bonchev–Trinajstić information content (AvgIpc) is 3.20. The van der Waals surface area contributed by atoms with Crippen molar-refractivity contribution < 1.29 is 18.7 Å². The number of anilines is 1. The summed E-state index contributed by atoms with van der Waals surface area (Å²) in [5.74, 6) is 0.989. The molecule has 0 atom stereocenters. The Balaban J connectivity index is 1.49. The number of amides is 1. The smallest absolute Gasteiger partial charge is 0.265 e. The van der Waals surface area contributed by atoms with Crippen LogP contribution in [0, 0.1) is 12.7 Å². The number of piperazine rings is 1. The van der Waals surface area contributed by atoms with Gasteiger partial charge in [0.1, 0.15) is 15.7 Å². The summed E-state index contributed by atoms with van der Waals surface area (Å²) in [6.07, 6.45) is 0. The maximum absolute atomic E-state index is 14.1. The van der Waals surface area contributed by atoms with Gasteiger partial charge in [0.15, 0.2) is 11.5 Å². The molecule has 31 heavy (non-hydrogen) atoms. The van der Waals surface area contributed by atoms with Crippen LogP contribution in [-0.2, 0) is 0 Å². The molecule has 0 saturated carbocycles. The van der Waals surface area contributed by atoms with E-state index >= 15 is 0 Å². The minimum absolute atomic E-state index is 0.0325. The monoisotopic (exact) mass is 441 g/mol. The maximum atomic E-state index is 14.1. The lowest BCUT2D eigenvalue weighted by Crippen LogP contribution is -2.49. The minimum atomic E-state index is -0.236. The number of thiazole rings is 1. The second-order valence-electron chi connectivity index (χ2n) is 7.23. The number of hydrogen-bond donors (Lipinski definition) is 0. The Morgan fingerprint density at radius 2 is 1.74 bits per heavy atom. The fourth-order valence-corrected chi connectivity index (χ4v) is 4.72. The van der Waals surface area contributed by atoms with Crippen molar-refractivity contribution in [2.75, 3.05) is 45.3 Å². The third-order valence-corrected chi connectivity index (χ3v) is 6.58. The van der Waals surface area contributed by atoms with E-state index in [2.05, 4.69) is 4.98 Å². The summed E-state index contributed by atoms with van der Waals surface area (Å²) in [7, 11) is 3.18. The van der Waals surface area contributed by atoms with Gasteiger partial charge < -0.3 is 19.3 Å². The molecule has 162 valence electrons. The molecule has 0 N–H and O–H groups in total. The third-order valence-electron chi connectivity index (χ3n) is 5.38. The van der Waals surface area contributed by atoms with E-state index in [-0.39, 0.29) is 11.7 Å². The van der Waals surface area contributed by atoms with Gasteiger partial charge in [-0.3, -0.25) is 4.79 Å². The highest BCUT2D eigenvalue weighted by Gasteiger charge is 2.26. The van der Waals surface area contributed by atoms with Crippen molar-refractivity contribution >= 4 is 22.9 Å². The zero-order valence-electron chi connectivity index (χ0n) is 17.7. The van der Waals surface area contributed by atoms with E-state index in [4.69, 9.17) is 9.47 Å². The quantitative estimate of drug-likeness (QED) is 0.593. The Bertz CT molecular complexity index is 1090. The zero-order chi connectivity index (χ0) is 22.0. The molecule has 3 aromatic rings. The number of halogens is 1. The number of aromatic nitrogens is 1. The van der Waals surface area contributed by atoms with Gasteiger partial charge in [-0.2, -0.15) is 0 Å². The van der Waals surface area contributed by atoms with Crippen molar-refractivity contribution in [3.05, 3.63) is 58.9 Å². The Morgan fingerprint density at radius 3 is 2.42 bits per heavy atom. The molecule has 1 saturated heterocycles. The molecule has 1 fully saturated rings. The van der Waals surface area contributed by atoms with Crippen LogP contribution in [0.15, 0.2) is 42.5 Å². The molecular formula is C23H24FN3O3S. The number of carbonyl (C=O) groups is 1. The predicted octanol–water partition coefficient (Wildman–Crippen LogP) is 4.24. The van der Waals surface area contributed by atoms with E-state index in [0.717, 1.165) is 10.6 Å². The second-order valence-corrected chi connectivity index (χ2v) is 8.23. The van der Waals surface area contributed by atoms with E-state index < -0.39 is 0 Å². The molecule has 2 aromatic carbocycles. The van der Waals surface area contributed by atoms with Gasteiger partial charge in [-0.15, -0.1) is 11.3 Å². The minimum Gasteiger partial charge on any atom is -0.493 e. The van der Waals surface area contributed by atoms with Crippen LogP contribution < -0.4 is 14.4 Å². The topological polar surface area (TPSA) is 54.9 Å². The maximum Gasteiger partial charge on any atom is 0.265 e. The van der Waals surface area contributed by atoms with E-state index in [1.165, 1.54) is 17.4 Å². The first kappa shape index (κ1) is 21.1. The molecule has 0 unspecified atom stereocenters. The number of rotatable bonds is 5. The van der Waals surface area contributed by atoms with Crippen molar-refractivity contribution in [3.63, 3.8) is 0 Å². The Kier molecular flexibility index (Phi) is 6.08. The molecule has 0 aliphatic carbocycles. The van der Waals surface area contributed by atoms with Crippen LogP contribution in [0.4, 0.5) is 10.1 Å². The molecule has 6 nitrogen and oxygen atoms in total. The Labute approximate surface area is 184 Å². The number of methoxy groups -OCH3 is 2. The van der Waals surface area contributed by atoms with Crippen molar-refractivity contribution in [3.8, 4) is 22.1 Å². The number of aryl methyl sites for hydroxylation is 1. The summed E-state index contributed by atoms with van der Waals surface area (Å²) < 4.78 is 24.7.